The molecule has 1 atom stereocenters. The van der Waals surface area contributed by atoms with Gasteiger partial charge in [-0.15, -0.1) is 0 Å². The third-order valence-corrected chi connectivity index (χ3v) is 3.65. The van der Waals surface area contributed by atoms with Crippen molar-refractivity contribution < 1.29 is 19.1 Å². The predicted octanol–water partition coefficient (Wildman–Crippen LogP) is 1.90. The lowest BCUT2D eigenvalue weighted by Gasteiger charge is -2.18. The van der Waals surface area contributed by atoms with Crippen LogP contribution in [0.1, 0.15) is 22.3 Å². The molecule has 2 rings (SSSR count). The Balaban J connectivity index is 2.15. The Kier molecular flexibility index (Phi) is 6.68. The van der Waals surface area contributed by atoms with Crippen LogP contribution < -0.4 is 10.6 Å². The van der Waals surface area contributed by atoms with Crippen molar-refractivity contribution >= 4 is 11.8 Å². The molecule has 0 spiro atoms. The lowest BCUT2D eigenvalue weighted by atomic mass is 10.0. The van der Waals surface area contributed by atoms with E-state index in [1.165, 1.54) is 30.3 Å². The van der Waals surface area contributed by atoms with Crippen molar-refractivity contribution in [2.24, 2.45) is 0 Å². The maximum Gasteiger partial charge on any atom is 0.254 e. The van der Waals surface area contributed by atoms with E-state index in [0.717, 1.165) is 6.07 Å². The van der Waals surface area contributed by atoms with Gasteiger partial charge in [0.2, 0.25) is 5.91 Å². The van der Waals surface area contributed by atoms with Crippen LogP contribution in [0.25, 0.3) is 0 Å². The normalized spacial score (nSPS) is 11.2. The van der Waals surface area contributed by atoms with Gasteiger partial charge in [0, 0.05) is 13.0 Å². The van der Waals surface area contributed by atoms with E-state index in [9.17, 15) is 19.1 Å². The van der Waals surface area contributed by atoms with E-state index in [1.807, 2.05) is 6.07 Å². The number of nitriles is 1. The lowest BCUT2D eigenvalue weighted by Crippen LogP contribution is -2.48. The van der Waals surface area contributed by atoms with E-state index >= 15 is 0 Å². The molecule has 0 aliphatic carbocycles. The standard InChI is InChI=1S/C19H18FN3O3/c20-16-5-2-1-4-15(16)18(25)23-17(19(26)22-11-3-10-21)12-13-6-8-14(24)9-7-13/h1-2,4-9,17,24H,3,11-12H2,(H,22,26)(H,23,25). The number of hydrogen-bond acceptors (Lipinski definition) is 4. The van der Waals surface area contributed by atoms with E-state index < -0.39 is 23.7 Å². The number of benzene rings is 2. The van der Waals surface area contributed by atoms with Gasteiger partial charge >= 0.3 is 0 Å². The van der Waals surface area contributed by atoms with E-state index in [2.05, 4.69) is 10.6 Å². The van der Waals surface area contributed by atoms with Crippen LogP contribution in [-0.2, 0) is 11.2 Å². The molecule has 0 fully saturated rings. The van der Waals surface area contributed by atoms with E-state index in [1.54, 1.807) is 12.1 Å². The van der Waals surface area contributed by atoms with Crippen molar-refractivity contribution in [3.63, 3.8) is 0 Å². The number of carbonyl (C=O) groups is 2. The van der Waals surface area contributed by atoms with Crippen LogP contribution in [0.3, 0.4) is 0 Å². The second-order valence-electron chi connectivity index (χ2n) is 5.58. The summed E-state index contributed by atoms with van der Waals surface area (Å²) in [4.78, 5) is 24.7. The number of aromatic hydroxyl groups is 1. The highest BCUT2D eigenvalue weighted by Gasteiger charge is 2.23. The van der Waals surface area contributed by atoms with Gasteiger partial charge in [0.05, 0.1) is 18.1 Å². The van der Waals surface area contributed by atoms with Crippen LogP contribution in [-0.4, -0.2) is 29.5 Å². The number of nitrogens with one attached hydrogen (secondary N) is 2. The van der Waals surface area contributed by atoms with Crippen LogP contribution in [0.5, 0.6) is 5.75 Å². The van der Waals surface area contributed by atoms with Crippen LogP contribution in [0.4, 0.5) is 4.39 Å². The van der Waals surface area contributed by atoms with E-state index in [-0.39, 0.29) is 30.7 Å². The van der Waals surface area contributed by atoms with Crippen molar-refractivity contribution in [3.8, 4) is 11.8 Å². The summed E-state index contributed by atoms with van der Waals surface area (Å²) in [6, 6.07) is 12.6. The fourth-order valence-corrected chi connectivity index (χ4v) is 2.32. The molecule has 0 aliphatic rings. The second-order valence-corrected chi connectivity index (χ2v) is 5.58. The number of rotatable bonds is 7. The molecule has 6 nitrogen and oxygen atoms in total. The highest BCUT2D eigenvalue weighted by atomic mass is 19.1. The molecule has 3 N–H and O–H groups in total. The molecule has 0 aliphatic heterocycles. The summed E-state index contributed by atoms with van der Waals surface area (Å²) < 4.78 is 13.8. The quantitative estimate of drug-likeness (QED) is 0.660. The van der Waals surface area contributed by atoms with E-state index in [4.69, 9.17) is 5.26 Å². The molecule has 0 saturated carbocycles. The lowest BCUT2D eigenvalue weighted by molar-refractivity contribution is -0.122. The Morgan fingerprint density at radius 2 is 1.85 bits per heavy atom. The maximum absolute atomic E-state index is 13.8. The summed E-state index contributed by atoms with van der Waals surface area (Å²) in [5.41, 5.74) is 0.546. The zero-order chi connectivity index (χ0) is 18.9. The molecule has 0 aromatic heterocycles. The molecule has 0 bridgehead atoms. The summed E-state index contributed by atoms with van der Waals surface area (Å²) in [7, 11) is 0. The highest BCUT2D eigenvalue weighted by molar-refractivity contribution is 5.97. The summed E-state index contributed by atoms with van der Waals surface area (Å²) >= 11 is 0. The minimum atomic E-state index is -0.953. The molecule has 2 aromatic rings. The highest BCUT2D eigenvalue weighted by Crippen LogP contribution is 2.12. The third kappa shape index (κ3) is 5.31. The summed E-state index contributed by atoms with van der Waals surface area (Å²) in [6.07, 6.45) is 0.289. The zero-order valence-corrected chi connectivity index (χ0v) is 13.9. The van der Waals surface area contributed by atoms with Crippen molar-refractivity contribution in [1.29, 1.82) is 5.26 Å². The molecule has 0 radical (unpaired) electrons. The molecule has 7 heteroatoms. The smallest absolute Gasteiger partial charge is 0.254 e. The molecule has 0 heterocycles. The molecule has 134 valence electrons. The van der Waals surface area contributed by atoms with Gasteiger partial charge in [0.1, 0.15) is 17.6 Å². The first kappa shape index (κ1) is 18.9. The number of hydrogen-bond donors (Lipinski definition) is 3. The SMILES string of the molecule is N#CCCNC(=O)C(Cc1ccc(O)cc1)NC(=O)c1ccccc1F. The summed E-state index contributed by atoms with van der Waals surface area (Å²) in [6.45, 7) is 0.150. The zero-order valence-electron chi connectivity index (χ0n) is 13.9. The molecule has 1 unspecified atom stereocenters. The van der Waals surface area contributed by atoms with Gasteiger partial charge in [-0.05, 0) is 29.8 Å². The van der Waals surface area contributed by atoms with Gasteiger partial charge in [-0.3, -0.25) is 9.59 Å². The summed E-state index contributed by atoms with van der Waals surface area (Å²) in [5.74, 6) is -1.78. The van der Waals surface area contributed by atoms with Crippen LogP contribution >= 0.6 is 0 Å². The monoisotopic (exact) mass is 355 g/mol. The van der Waals surface area contributed by atoms with Crippen LogP contribution in [0, 0.1) is 17.1 Å². The number of phenols is 1. The Labute approximate surface area is 150 Å². The van der Waals surface area contributed by atoms with Gasteiger partial charge in [-0.2, -0.15) is 5.26 Å². The Hall–Kier alpha value is -3.40. The average Bonchev–Trinajstić information content (AvgIpc) is 2.63. The molecule has 0 saturated heterocycles. The first-order chi connectivity index (χ1) is 12.5. The van der Waals surface area contributed by atoms with Crippen molar-refractivity contribution in [2.75, 3.05) is 6.54 Å². The molecule has 2 amide bonds. The average molecular weight is 355 g/mol. The minimum Gasteiger partial charge on any atom is -0.508 e. The Morgan fingerprint density at radius 1 is 1.15 bits per heavy atom. The van der Waals surface area contributed by atoms with Gasteiger partial charge in [-0.25, -0.2) is 4.39 Å². The minimum absolute atomic E-state index is 0.0826. The Morgan fingerprint density at radius 3 is 2.50 bits per heavy atom. The number of carbonyl (C=O) groups excluding carboxylic acids is 2. The summed E-state index contributed by atoms with van der Waals surface area (Å²) in [5, 5.41) is 23.0. The second kappa shape index (κ2) is 9.18. The number of phenolic OH excluding ortho intramolecular Hbond substituents is 1. The van der Waals surface area contributed by atoms with Crippen LogP contribution in [0.2, 0.25) is 0 Å². The van der Waals surface area contributed by atoms with Crippen LogP contribution in [0.15, 0.2) is 48.5 Å². The number of nitrogens with zero attached hydrogens (tertiary/aromatic N) is 1. The first-order valence-electron chi connectivity index (χ1n) is 7.99. The number of amides is 2. The maximum atomic E-state index is 13.8. The Bertz CT molecular complexity index is 816. The molecular weight excluding hydrogens is 337 g/mol. The molecule has 2 aromatic carbocycles. The van der Waals surface area contributed by atoms with Gasteiger partial charge in [-0.1, -0.05) is 24.3 Å². The topological polar surface area (TPSA) is 102 Å². The van der Waals surface area contributed by atoms with Gasteiger partial charge < -0.3 is 15.7 Å². The van der Waals surface area contributed by atoms with Gasteiger partial charge in [0.25, 0.3) is 5.91 Å². The van der Waals surface area contributed by atoms with Crippen molar-refractivity contribution in [3.05, 3.63) is 65.5 Å². The molecule has 26 heavy (non-hydrogen) atoms. The number of halogens is 1. The van der Waals surface area contributed by atoms with Gasteiger partial charge in [0.15, 0.2) is 0 Å². The first-order valence-corrected chi connectivity index (χ1v) is 7.99. The van der Waals surface area contributed by atoms with E-state index in [0.29, 0.717) is 5.56 Å². The largest absolute Gasteiger partial charge is 0.508 e. The third-order valence-electron chi connectivity index (χ3n) is 3.65. The fourth-order valence-electron chi connectivity index (χ4n) is 2.32. The van der Waals surface area contributed by atoms with Crippen molar-refractivity contribution in [1.82, 2.24) is 10.6 Å². The fraction of sp³-hybridized carbons (Fsp3) is 0.211. The van der Waals surface area contributed by atoms with Crippen molar-refractivity contribution in [2.45, 2.75) is 18.9 Å². The molecular formula is C19H18FN3O3. The predicted molar refractivity (Wildman–Crippen MR) is 92.7 cm³/mol.